The molecular formula is C17H24N2O. The number of fused-ring (bicyclic) bond motifs is 1. The van der Waals surface area contributed by atoms with Gasteiger partial charge in [-0.3, -0.25) is 9.69 Å². The van der Waals surface area contributed by atoms with Gasteiger partial charge in [-0.2, -0.15) is 0 Å². The highest BCUT2D eigenvalue weighted by molar-refractivity contribution is 5.94. The first-order valence-corrected chi connectivity index (χ1v) is 7.80. The van der Waals surface area contributed by atoms with Crippen molar-refractivity contribution in [1.29, 1.82) is 0 Å². The van der Waals surface area contributed by atoms with Crippen LogP contribution in [-0.2, 0) is 11.2 Å². The van der Waals surface area contributed by atoms with E-state index < -0.39 is 0 Å². The fourth-order valence-electron chi connectivity index (χ4n) is 4.02. The number of aromatic nitrogens is 1. The summed E-state index contributed by atoms with van der Waals surface area (Å²) >= 11 is 0. The van der Waals surface area contributed by atoms with Crippen LogP contribution in [0.1, 0.15) is 52.0 Å². The number of amides is 1. The van der Waals surface area contributed by atoms with E-state index in [2.05, 4.69) is 31.8 Å². The summed E-state index contributed by atoms with van der Waals surface area (Å²) in [4.78, 5) is 19.1. The zero-order valence-corrected chi connectivity index (χ0v) is 12.7. The summed E-state index contributed by atoms with van der Waals surface area (Å²) in [6, 6.07) is 4.47. The van der Waals surface area contributed by atoms with Crippen molar-refractivity contribution in [2.24, 2.45) is 11.3 Å². The summed E-state index contributed by atoms with van der Waals surface area (Å²) in [5.41, 5.74) is 1.36. The van der Waals surface area contributed by atoms with E-state index in [0.29, 0.717) is 18.4 Å². The molecule has 0 bridgehead atoms. The maximum atomic E-state index is 12.6. The lowest BCUT2D eigenvalue weighted by Crippen LogP contribution is -2.53. The predicted molar refractivity (Wildman–Crippen MR) is 80.6 cm³/mol. The summed E-state index contributed by atoms with van der Waals surface area (Å²) in [7, 11) is 0. The fourth-order valence-corrected chi connectivity index (χ4v) is 4.02. The molecule has 1 saturated heterocycles. The van der Waals surface area contributed by atoms with Crippen LogP contribution in [0.5, 0.6) is 0 Å². The van der Waals surface area contributed by atoms with E-state index in [1.165, 1.54) is 18.4 Å². The number of anilines is 1. The zero-order valence-electron chi connectivity index (χ0n) is 12.7. The Labute approximate surface area is 121 Å². The Morgan fingerprint density at radius 1 is 1.35 bits per heavy atom. The van der Waals surface area contributed by atoms with Gasteiger partial charge in [0, 0.05) is 18.7 Å². The van der Waals surface area contributed by atoms with Gasteiger partial charge in [0.15, 0.2) is 0 Å². The van der Waals surface area contributed by atoms with Gasteiger partial charge in [0.25, 0.3) is 0 Å². The Balaban J connectivity index is 1.93. The molecule has 1 aliphatic carbocycles. The van der Waals surface area contributed by atoms with Crippen LogP contribution in [0.2, 0.25) is 0 Å². The van der Waals surface area contributed by atoms with E-state index in [-0.39, 0.29) is 11.3 Å². The molecule has 0 N–H and O–H groups in total. The molecule has 2 unspecified atom stereocenters. The molecule has 2 aliphatic rings. The van der Waals surface area contributed by atoms with Gasteiger partial charge < -0.3 is 0 Å². The zero-order chi connectivity index (χ0) is 14.3. The molecule has 3 rings (SSSR count). The van der Waals surface area contributed by atoms with Crippen molar-refractivity contribution < 1.29 is 4.79 Å². The van der Waals surface area contributed by atoms with Crippen LogP contribution in [0.15, 0.2) is 18.3 Å². The third kappa shape index (κ3) is 2.13. The monoisotopic (exact) mass is 272 g/mol. The number of nitrogens with zero attached hydrogens (tertiary/aromatic N) is 2. The van der Waals surface area contributed by atoms with Crippen LogP contribution in [-0.4, -0.2) is 16.9 Å². The number of aryl methyl sites for hydroxylation is 1. The number of pyridine rings is 1. The van der Waals surface area contributed by atoms with E-state index in [1.54, 1.807) is 0 Å². The number of hydrogen-bond acceptors (Lipinski definition) is 2. The smallest absolute Gasteiger partial charge is 0.228 e. The van der Waals surface area contributed by atoms with E-state index >= 15 is 0 Å². The quantitative estimate of drug-likeness (QED) is 0.824. The molecule has 1 aromatic rings. The first kappa shape index (κ1) is 13.6. The lowest BCUT2D eigenvalue weighted by atomic mass is 9.70. The van der Waals surface area contributed by atoms with E-state index in [4.69, 9.17) is 0 Å². The first-order valence-electron chi connectivity index (χ1n) is 7.80. The van der Waals surface area contributed by atoms with Crippen molar-refractivity contribution >= 4 is 11.7 Å². The molecule has 1 amide bonds. The van der Waals surface area contributed by atoms with Gasteiger partial charge in [0.05, 0.1) is 0 Å². The number of carbonyl (C=O) groups excluding carboxylic acids is 1. The molecule has 2 heterocycles. The number of rotatable bonds is 2. The van der Waals surface area contributed by atoms with Crippen LogP contribution in [0.4, 0.5) is 5.82 Å². The number of carbonyl (C=O) groups is 1. The van der Waals surface area contributed by atoms with Gasteiger partial charge in [-0.1, -0.05) is 33.3 Å². The molecule has 0 spiro atoms. The van der Waals surface area contributed by atoms with Crippen LogP contribution in [0, 0.1) is 11.3 Å². The summed E-state index contributed by atoms with van der Waals surface area (Å²) in [5, 5.41) is 0. The minimum absolute atomic E-state index is 0.137. The Bertz CT molecular complexity index is 506. The largest absolute Gasteiger partial charge is 0.293 e. The normalized spacial score (nSPS) is 28.6. The second kappa shape index (κ2) is 4.87. The van der Waals surface area contributed by atoms with Gasteiger partial charge >= 0.3 is 0 Å². The molecule has 108 valence electrons. The van der Waals surface area contributed by atoms with Crippen molar-refractivity contribution in [2.75, 3.05) is 4.90 Å². The lowest BCUT2D eigenvalue weighted by Gasteiger charge is -2.46. The summed E-state index contributed by atoms with van der Waals surface area (Å²) in [5.74, 6) is 1.71. The van der Waals surface area contributed by atoms with Crippen LogP contribution in [0.25, 0.3) is 0 Å². The summed E-state index contributed by atoms with van der Waals surface area (Å²) in [6.07, 6.45) is 7.14. The molecular weight excluding hydrogens is 248 g/mol. The number of piperidine rings is 1. The Morgan fingerprint density at radius 3 is 2.80 bits per heavy atom. The highest BCUT2D eigenvalue weighted by atomic mass is 16.2. The topological polar surface area (TPSA) is 33.2 Å². The van der Waals surface area contributed by atoms with E-state index in [1.807, 2.05) is 17.2 Å². The van der Waals surface area contributed by atoms with Gasteiger partial charge in [-0.15, -0.1) is 0 Å². The molecule has 0 aromatic carbocycles. The maximum Gasteiger partial charge on any atom is 0.228 e. The van der Waals surface area contributed by atoms with Crippen molar-refractivity contribution in [3.05, 3.63) is 23.9 Å². The van der Waals surface area contributed by atoms with Gasteiger partial charge in [-0.05, 0) is 42.2 Å². The van der Waals surface area contributed by atoms with Crippen LogP contribution < -0.4 is 4.90 Å². The van der Waals surface area contributed by atoms with E-state index in [9.17, 15) is 4.79 Å². The van der Waals surface area contributed by atoms with Crippen molar-refractivity contribution in [3.63, 3.8) is 0 Å². The molecule has 20 heavy (non-hydrogen) atoms. The SMILES string of the molecule is CCc1ccc(N2C(=O)CC(C)(C)C3CCCC32)nc1. The van der Waals surface area contributed by atoms with Crippen molar-refractivity contribution in [2.45, 2.75) is 58.9 Å². The van der Waals surface area contributed by atoms with Crippen molar-refractivity contribution in [1.82, 2.24) is 4.98 Å². The Hall–Kier alpha value is -1.38. The molecule has 2 fully saturated rings. The fraction of sp³-hybridized carbons (Fsp3) is 0.647. The molecule has 1 aliphatic heterocycles. The molecule has 3 heteroatoms. The average molecular weight is 272 g/mol. The maximum absolute atomic E-state index is 12.6. The highest BCUT2D eigenvalue weighted by Crippen LogP contribution is 2.48. The first-order chi connectivity index (χ1) is 9.53. The molecule has 0 radical (unpaired) electrons. The van der Waals surface area contributed by atoms with Gasteiger partial charge in [0.1, 0.15) is 5.82 Å². The third-order valence-corrected chi connectivity index (χ3v) is 5.15. The van der Waals surface area contributed by atoms with Crippen LogP contribution in [0.3, 0.4) is 0 Å². The standard InChI is InChI=1S/C17H24N2O/c1-4-12-8-9-15(18-11-12)19-14-7-5-6-13(14)17(2,3)10-16(19)20/h8-9,11,13-14H,4-7,10H2,1-3H3. The average Bonchev–Trinajstić information content (AvgIpc) is 2.89. The second-order valence-electron chi connectivity index (χ2n) is 6.91. The van der Waals surface area contributed by atoms with Gasteiger partial charge in [0.2, 0.25) is 5.91 Å². The molecule has 1 aromatic heterocycles. The van der Waals surface area contributed by atoms with E-state index in [0.717, 1.165) is 18.7 Å². The predicted octanol–water partition coefficient (Wildman–Crippen LogP) is 3.58. The summed E-state index contributed by atoms with van der Waals surface area (Å²) in [6.45, 7) is 6.62. The van der Waals surface area contributed by atoms with Crippen molar-refractivity contribution in [3.8, 4) is 0 Å². The summed E-state index contributed by atoms with van der Waals surface area (Å²) < 4.78 is 0. The Morgan fingerprint density at radius 2 is 2.15 bits per heavy atom. The second-order valence-corrected chi connectivity index (χ2v) is 6.91. The highest BCUT2D eigenvalue weighted by Gasteiger charge is 2.49. The number of hydrogen-bond donors (Lipinski definition) is 0. The minimum Gasteiger partial charge on any atom is -0.293 e. The van der Waals surface area contributed by atoms with Crippen LogP contribution >= 0.6 is 0 Å². The minimum atomic E-state index is 0.137. The Kier molecular flexibility index (Phi) is 3.31. The third-order valence-electron chi connectivity index (χ3n) is 5.15. The van der Waals surface area contributed by atoms with Gasteiger partial charge in [-0.25, -0.2) is 4.98 Å². The molecule has 1 saturated carbocycles. The molecule has 3 nitrogen and oxygen atoms in total. The lowest BCUT2D eigenvalue weighted by molar-refractivity contribution is -0.124. The molecule has 2 atom stereocenters.